The van der Waals surface area contributed by atoms with Crippen LogP contribution in [0.25, 0.3) is 0 Å². The van der Waals surface area contributed by atoms with E-state index in [2.05, 4.69) is 0 Å². The van der Waals surface area contributed by atoms with Crippen LogP contribution in [0.5, 0.6) is 5.75 Å². The predicted molar refractivity (Wildman–Crippen MR) is 63.0 cm³/mol. The maximum atomic E-state index is 11.7. The van der Waals surface area contributed by atoms with Crippen LogP contribution in [0.1, 0.15) is 17.3 Å². The van der Waals surface area contributed by atoms with Crippen LogP contribution >= 0.6 is 0 Å². The Labute approximate surface area is 95.7 Å². The van der Waals surface area contributed by atoms with Gasteiger partial charge in [0.05, 0.1) is 12.2 Å². The molecule has 0 aliphatic carbocycles. The summed E-state index contributed by atoms with van der Waals surface area (Å²) in [6.45, 7) is 2.76. The van der Waals surface area contributed by atoms with E-state index in [0.717, 1.165) is 0 Å². The molecule has 0 fully saturated rings. The first-order valence-electron chi connectivity index (χ1n) is 5.17. The second-order valence-corrected chi connectivity index (χ2v) is 3.20. The number of rotatable bonds is 6. The average molecular weight is 220 g/mol. The fraction of sp³-hybridized carbons (Fsp3) is 0.308. The normalized spacial score (nSPS) is 10.6. The Morgan fingerprint density at radius 2 is 2.06 bits per heavy atom. The van der Waals surface area contributed by atoms with Gasteiger partial charge in [0.15, 0.2) is 5.78 Å². The first-order chi connectivity index (χ1) is 7.79. The molecule has 0 atom stereocenters. The number of benzene rings is 1. The van der Waals surface area contributed by atoms with Gasteiger partial charge in [-0.1, -0.05) is 18.2 Å². The smallest absolute Gasteiger partial charge is 0.189 e. The molecule has 1 rings (SSSR count). The quantitative estimate of drug-likeness (QED) is 0.419. The van der Waals surface area contributed by atoms with Crippen molar-refractivity contribution in [1.82, 2.24) is 0 Å². The number of hydrogen-bond donors (Lipinski definition) is 0. The monoisotopic (exact) mass is 220 g/mol. The number of para-hydroxylation sites is 1. The van der Waals surface area contributed by atoms with Gasteiger partial charge in [0, 0.05) is 7.11 Å². The summed E-state index contributed by atoms with van der Waals surface area (Å²) < 4.78 is 10.4. The minimum Gasteiger partial charge on any atom is -0.490 e. The molecule has 1 aromatic carbocycles. The van der Waals surface area contributed by atoms with Crippen molar-refractivity contribution in [2.45, 2.75) is 6.92 Å². The molecule has 0 aliphatic rings. The van der Waals surface area contributed by atoms with Gasteiger partial charge in [-0.2, -0.15) is 0 Å². The second-order valence-electron chi connectivity index (χ2n) is 3.20. The van der Waals surface area contributed by atoms with Gasteiger partial charge in [-0.05, 0) is 25.1 Å². The molecule has 0 unspecified atom stereocenters. The zero-order valence-corrected chi connectivity index (χ0v) is 9.60. The molecule has 0 heterocycles. The molecule has 0 aliphatic heterocycles. The van der Waals surface area contributed by atoms with Crippen LogP contribution in [0.3, 0.4) is 0 Å². The molecular weight excluding hydrogens is 204 g/mol. The number of carbonyl (C=O) groups excluding carboxylic acids is 1. The van der Waals surface area contributed by atoms with E-state index in [9.17, 15) is 4.79 Å². The third kappa shape index (κ3) is 3.51. The summed E-state index contributed by atoms with van der Waals surface area (Å²) in [5.74, 6) is 0.554. The highest BCUT2D eigenvalue weighted by Crippen LogP contribution is 2.18. The molecule has 86 valence electrons. The van der Waals surface area contributed by atoms with Crippen LogP contribution in [-0.4, -0.2) is 26.1 Å². The average Bonchev–Trinajstić information content (AvgIpc) is 2.30. The van der Waals surface area contributed by atoms with E-state index in [1.165, 1.54) is 6.08 Å². The first-order valence-corrected chi connectivity index (χ1v) is 5.17. The van der Waals surface area contributed by atoms with E-state index in [-0.39, 0.29) is 5.78 Å². The number of ether oxygens (including phenoxy) is 2. The third-order valence-electron chi connectivity index (χ3n) is 2.02. The van der Waals surface area contributed by atoms with Gasteiger partial charge < -0.3 is 9.47 Å². The van der Waals surface area contributed by atoms with Crippen LogP contribution in [-0.2, 0) is 4.74 Å². The predicted octanol–water partition coefficient (Wildman–Crippen LogP) is 2.47. The summed E-state index contributed by atoms with van der Waals surface area (Å²) >= 11 is 0. The molecule has 0 N–H and O–H groups in total. The van der Waals surface area contributed by atoms with Gasteiger partial charge in [0.25, 0.3) is 0 Å². The van der Waals surface area contributed by atoms with Gasteiger partial charge in [0.2, 0.25) is 0 Å². The zero-order chi connectivity index (χ0) is 11.8. The maximum Gasteiger partial charge on any atom is 0.189 e. The molecule has 3 nitrogen and oxygen atoms in total. The molecule has 0 aromatic heterocycles. The summed E-state index contributed by atoms with van der Waals surface area (Å²) in [6, 6.07) is 7.20. The number of ketones is 1. The van der Waals surface area contributed by atoms with Gasteiger partial charge in [-0.25, -0.2) is 0 Å². The van der Waals surface area contributed by atoms with E-state index in [1.807, 2.05) is 19.1 Å². The van der Waals surface area contributed by atoms with E-state index < -0.39 is 0 Å². The largest absolute Gasteiger partial charge is 0.490 e. The SMILES string of the molecule is C/C=C/C(=O)c1ccccc1OCCOC. The lowest BCUT2D eigenvalue weighted by Crippen LogP contribution is -2.07. The summed E-state index contributed by atoms with van der Waals surface area (Å²) in [6.07, 6.45) is 3.24. The fourth-order valence-electron chi connectivity index (χ4n) is 1.27. The Hall–Kier alpha value is -1.61. The lowest BCUT2D eigenvalue weighted by atomic mass is 10.1. The van der Waals surface area contributed by atoms with E-state index in [4.69, 9.17) is 9.47 Å². The summed E-state index contributed by atoms with van der Waals surface area (Å²) in [4.78, 5) is 11.7. The van der Waals surface area contributed by atoms with E-state index >= 15 is 0 Å². The lowest BCUT2D eigenvalue weighted by Gasteiger charge is -2.08. The van der Waals surface area contributed by atoms with Crippen molar-refractivity contribution >= 4 is 5.78 Å². The lowest BCUT2D eigenvalue weighted by molar-refractivity contribution is 0.103. The highest BCUT2D eigenvalue weighted by Gasteiger charge is 2.08. The number of hydrogen-bond acceptors (Lipinski definition) is 3. The minimum absolute atomic E-state index is 0.0458. The Kier molecular flexibility index (Phi) is 5.29. The van der Waals surface area contributed by atoms with Crippen LogP contribution in [0.4, 0.5) is 0 Å². The highest BCUT2D eigenvalue weighted by atomic mass is 16.5. The molecule has 0 saturated carbocycles. The van der Waals surface area contributed by atoms with Crippen molar-refractivity contribution in [3.05, 3.63) is 42.0 Å². The number of methoxy groups -OCH3 is 1. The van der Waals surface area contributed by atoms with E-state index in [0.29, 0.717) is 24.5 Å². The molecule has 16 heavy (non-hydrogen) atoms. The Bertz CT molecular complexity index is 369. The Morgan fingerprint density at radius 3 is 2.75 bits per heavy atom. The number of carbonyl (C=O) groups is 1. The second kappa shape index (κ2) is 6.80. The van der Waals surface area contributed by atoms with Crippen molar-refractivity contribution in [3.8, 4) is 5.75 Å². The Morgan fingerprint density at radius 1 is 1.31 bits per heavy atom. The summed E-state index contributed by atoms with van der Waals surface area (Å²) in [7, 11) is 1.61. The van der Waals surface area contributed by atoms with Gasteiger partial charge >= 0.3 is 0 Å². The molecule has 0 spiro atoms. The molecule has 0 bridgehead atoms. The summed E-state index contributed by atoms with van der Waals surface area (Å²) in [5, 5.41) is 0. The topological polar surface area (TPSA) is 35.5 Å². The van der Waals surface area contributed by atoms with Crippen molar-refractivity contribution in [2.75, 3.05) is 20.3 Å². The van der Waals surface area contributed by atoms with Crippen molar-refractivity contribution in [3.63, 3.8) is 0 Å². The first kappa shape index (κ1) is 12.5. The van der Waals surface area contributed by atoms with E-state index in [1.54, 1.807) is 25.3 Å². The maximum absolute atomic E-state index is 11.7. The van der Waals surface area contributed by atoms with Crippen LogP contribution < -0.4 is 4.74 Å². The molecule has 3 heteroatoms. The van der Waals surface area contributed by atoms with Crippen LogP contribution in [0.15, 0.2) is 36.4 Å². The minimum atomic E-state index is -0.0458. The van der Waals surface area contributed by atoms with Gasteiger partial charge in [-0.15, -0.1) is 0 Å². The van der Waals surface area contributed by atoms with Gasteiger partial charge in [0.1, 0.15) is 12.4 Å². The van der Waals surface area contributed by atoms with Crippen LogP contribution in [0.2, 0.25) is 0 Å². The van der Waals surface area contributed by atoms with Crippen molar-refractivity contribution in [1.29, 1.82) is 0 Å². The zero-order valence-electron chi connectivity index (χ0n) is 9.60. The fourth-order valence-corrected chi connectivity index (χ4v) is 1.27. The van der Waals surface area contributed by atoms with Crippen LogP contribution in [0, 0.1) is 0 Å². The van der Waals surface area contributed by atoms with Gasteiger partial charge in [-0.3, -0.25) is 4.79 Å². The number of allylic oxidation sites excluding steroid dienone is 2. The molecule has 0 saturated heterocycles. The highest BCUT2D eigenvalue weighted by molar-refractivity contribution is 6.06. The standard InChI is InChI=1S/C13H16O3/c1-3-6-12(14)11-7-4-5-8-13(11)16-10-9-15-2/h3-8H,9-10H2,1-2H3/b6-3+. The summed E-state index contributed by atoms with van der Waals surface area (Å²) in [5.41, 5.74) is 0.580. The third-order valence-corrected chi connectivity index (χ3v) is 2.02. The molecule has 0 amide bonds. The molecule has 1 aromatic rings. The van der Waals surface area contributed by atoms with Crippen molar-refractivity contribution in [2.24, 2.45) is 0 Å². The van der Waals surface area contributed by atoms with Crippen molar-refractivity contribution < 1.29 is 14.3 Å². The molecular formula is C13H16O3. The Balaban J connectivity index is 2.79. The molecule has 0 radical (unpaired) electrons.